The van der Waals surface area contributed by atoms with E-state index in [0.717, 1.165) is 25.9 Å². The summed E-state index contributed by atoms with van der Waals surface area (Å²) in [6.45, 7) is 3.27. The van der Waals surface area contributed by atoms with Gasteiger partial charge in [-0.3, -0.25) is 9.69 Å². The van der Waals surface area contributed by atoms with E-state index in [4.69, 9.17) is 0 Å². The van der Waals surface area contributed by atoms with Crippen LogP contribution >= 0.6 is 0 Å². The quantitative estimate of drug-likeness (QED) is 0.754. The van der Waals surface area contributed by atoms with Crippen molar-refractivity contribution < 1.29 is 13.2 Å². The van der Waals surface area contributed by atoms with E-state index < -0.39 is 10.0 Å². The second-order valence-corrected chi connectivity index (χ2v) is 9.59. The lowest BCUT2D eigenvalue weighted by Gasteiger charge is -2.36. The summed E-state index contributed by atoms with van der Waals surface area (Å²) in [6, 6.07) is 18.6. The lowest BCUT2D eigenvalue weighted by atomic mass is 10.1. The summed E-state index contributed by atoms with van der Waals surface area (Å²) in [4.78, 5) is 17.5. The minimum atomic E-state index is -3.50. The zero-order chi connectivity index (χ0) is 20.3. The molecule has 0 radical (unpaired) electrons. The molecular formula is C22H27N3O3S. The molecular weight excluding hydrogens is 386 g/mol. The number of piperazine rings is 1. The maximum absolute atomic E-state index is 13.1. The number of carbonyl (C=O) groups is 1. The van der Waals surface area contributed by atoms with Crippen LogP contribution in [0.1, 0.15) is 18.4 Å². The van der Waals surface area contributed by atoms with Crippen LogP contribution in [0.3, 0.4) is 0 Å². The third kappa shape index (κ3) is 4.37. The molecule has 0 bridgehead atoms. The highest BCUT2D eigenvalue weighted by molar-refractivity contribution is 7.89. The Morgan fingerprint density at radius 3 is 2.14 bits per heavy atom. The molecule has 2 aromatic carbocycles. The third-order valence-electron chi connectivity index (χ3n) is 5.81. The molecule has 154 valence electrons. The van der Waals surface area contributed by atoms with E-state index in [9.17, 15) is 13.2 Å². The molecule has 0 aliphatic carbocycles. The van der Waals surface area contributed by atoms with Crippen LogP contribution in [0, 0.1) is 0 Å². The summed E-state index contributed by atoms with van der Waals surface area (Å²) in [7, 11) is -3.50. The van der Waals surface area contributed by atoms with Gasteiger partial charge in [-0.05, 0) is 37.1 Å². The topological polar surface area (TPSA) is 60.9 Å². The summed E-state index contributed by atoms with van der Waals surface area (Å²) in [5.41, 5.74) is 1.21. The molecule has 0 saturated carbocycles. The highest BCUT2D eigenvalue weighted by Gasteiger charge is 2.36. The number of likely N-dealkylation sites (tertiary alicyclic amines) is 1. The molecule has 2 fully saturated rings. The molecule has 7 heteroatoms. The van der Waals surface area contributed by atoms with Crippen LogP contribution in [0.25, 0.3) is 0 Å². The van der Waals surface area contributed by atoms with E-state index in [1.165, 1.54) is 9.87 Å². The van der Waals surface area contributed by atoms with Gasteiger partial charge in [0.2, 0.25) is 15.9 Å². The van der Waals surface area contributed by atoms with Crippen molar-refractivity contribution >= 4 is 15.9 Å². The zero-order valence-electron chi connectivity index (χ0n) is 16.5. The number of benzene rings is 2. The fraction of sp³-hybridized carbons (Fsp3) is 0.409. The molecule has 6 nitrogen and oxygen atoms in total. The summed E-state index contributed by atoms with van der Waals surface area (Å²) in [5, 5.41) is 0. The van der Waals surface area contributed by atoms with Crippen molar-refractivity contribution in [2.24, 2.45) is 0 Å². The lowest BCUT2D eigenvalue weighted by molar-refractivity contribution is -0.137. The molecule has 0 N–H and O–H groups in total. The van der Waals surface area contributed by atoms with E-state index in [1.807, 2.05) is 23.1 Å². The predicted octanol–water partition coefficient (Wildman–Crippen LogP) is 2.18. The molecule has 4 rings (SSSR count). The molecule has 0 spiro atoms. The summed E-state index contributed by atoms with van der Waals surface area (Å²) in [5.74, 6) is 0.134. The third-order valence-corrected chi connectivity index (χ3v) is 7.72. The number of nitrogens with zero attached hydrogens (tertiary/aromatic N) is 3. The normalized spacial score (nSPS) is 21.4. The SMILES string of the molecule is O=C(C1CCCN1Cc1ccccc1)N1CCN(S(=O)(=O)c2ccccc2)CC1. The molecule has 2 aromatic rings. The van der Waals surface area contributed by atoms with Crippen molar-refractivity contribution in [3.63, 3.8) is 0 Å². The first-order chi connectivity index (χ1) is 14.1. The second kappa shape index (κ2) is 8.65. The van der Waals surface area contributed by atoms with Gasteiger partial charge < -0.3 is 4.90 Å². The van der Waals surface area contributed by atoms with Crippen molar-refractivity contribution in [3.05, 3.63) is 66.2 Å². The van der Waals surface area contributed by atoms with Crippen LogP contribution < -0.4 is 0 Å². The Balaban J connectivity index is 1.37. The van der Waals surface area contributed by atoms with Gasteiger partial charge in [0.15, 0.2) is 0 Å². The van der Waals surface area contributed by atoms with Gasteiger partial charge in [-0.1, -0.05) is 48.5 Å². The van der Waals surface area contributed by atoms with Gasteiger partial charge in [0.25, 0.3) is 0 Å². The first kappa shape index (κ1) is 20.1. The van der Waals surface area contributed by atoms with E-state index >= 15 is 0 Å². The van der Waals surface area contributed by atoms with Crippen molar-refractivity contribution in [1.29, 1.82) is 0 Å². The number of carbonyl (C=O) groups excluding carboxylic acids is 1. The standard InChI is InChI=1S/C22H27N3O3S/c26-22(21-12-7-13-24(21)18-19-8-3-1-4-9-19)23-14-16-25(17-15-23)29(27,28)20-10-5-2-6-11-20/h1-6,8-11,21H,7,12-18H2. The minimum Gasteiger partial charge on any atom is -0.339 e. The highest BCUT2D eigenvalue weighted by Crippen LogP contribution is 2.23. The molecule has 1 amide bonds. The Morgan fingerprint density at radius 1 is 0.862 bits per heavy atom. The van der Waals surface area contributed by atoms with E-state index in [2.05, 4.69) is 17.0 Å². The highest BCUT2D eigenvalue weighted by atomic mass is 32.2. The number of hydrogen-bond donors (Lipinski definition) is 0. The number of hydrogen-bond acceptors (Lipinski definition) is 4. The smallest absolute Gasteiger partial charge is 0.243 e. The fourth-order valence-corrected chi connectivity index (χ4v) is 5.66. The zero-order valence-corrected chi connectivity index (χ0v) is 17.3. The van der Waals surface area contributed by atoms with E-state index in [-0.39, 0.29) is 11.9 Å². The Hall–Kier alpha value is -2.22. The van der Waals surface area contributed by atoms with Crippen molar-refractivity contribution in [2.75, 3.05) is 32.7 Å². The Kier molecular flexibility index (Phi) is 5.99. The minimum absolute atomic E-state index is 0.104. The number of rotatable bonds is 5. The first-order valence-electron chi connectivity index (χ1n) is 10.2. The van der Waals surface area contributed by atoms with Crippen molar-refractivity contribution in [3.8, 4) is 0 Å². The maximum Gasteiger partial charge on any atom is 0.243 e. The van der Waals surface area contributed by atoms with Gasteiger partial charge in [-0.15, -0.1) is 0 Å². The molecule has 29 heavy (non-hydrogen) atoms. The average molecular weight is 414 g/mol. The molecule has 2 heterocycles. The summed E-state index contributed by atoms with van der Waals surface area (Å²) >= 11 is 0. The van der Waals surface area contributed by atoms with Gasteiger partial charge in [-0.2, -0.15) is 4.31 Å². The first-order valence-corrected chi connectivity index (χ1v) is 11.6. The number of sulfonamides is 1. The molecule has 1 unspecified atom stereocenters. The fourth-order valence-electron chi connectivity index (χ4n) is 4.21. The van der Waals surface area contributed by atoms with Crippen molar-refractivity contribution in [1.82, 2.24) is 14.1 Å². The van der Waals surface area contributed by atoms with Crippen LogP contribution in [0.15, 0.2) is 65.6 Å². The van der Waals surface area contributed by atoms with Crippen LogP contribution in [0.5, 0.6) is 0 Å². The molecule has 2 saturated heterocycles. The Bertz CT molecular complexity index is 926. The Labute approximate surface area is 172 Å². The molecule has 0 aromatic heterocycles. The van der Waals surface area contributed by atoms with E-state index in [0.29, 0.717) is 31.1 Å². The van der Waals surface area contributed by atoms with Crippen LogP contribution in [-0.2, 0) is 21.4 Å². The van der Waals surface area contributed by atoms with Gasteiger partial charge in [0, 0.05) is 32.7 Å². The largest absolute Gasteiger partial charge is 0.339 e. The molecule has 2 aliphatic heterocycles. The monoisotopic (exact) mass is 413 g/mol. The molecule has 2 aliphatic rings. The lowest BCUT2D eigenvalue weighted by Crippen LogP contribution is -2.54. The predicted molar refractivity (Wildman–Crippen MR) is 112 cm³/mol. The summed E-state index contributed by atoms with van der Waals surface area (Å²) < 4.78 is 27.1. The average Bonchev–Trinajstić information content (AvgIpc) is 3.22. The maximum atomic E-state index is 13.1. The second-order valence-electron chi connectivity index (χ2n) is 7.66. The number of amides is 1. The van der Waals surface area contributed by atoms with Gasteiger partial charge in [-0.25, -0.2) is 8.42 Å². The Morgan fingerprint density at radius 2 is 1.48 bits per heavy atom. The van der Waals surface area contributed by atoms with Crippen LogP contribution in [0.2, 0.25) is 0 Å². The van der Waals surface area contributed by atoms with E-state index in [1.54, 1.807) is 30.3 Å². The van der Waals surface area contributed by atoms with Gasteiger partial charge >= 0.3 is 0 Å². The summed E-state index contributed by atoms with van der Waals surface area (Å²) in [6.07, 6.45) is 1.89. The van der Waals surface area contributed by atoms with Gasteiger partial charge in [0.05, 0.1) is 10.9 Å². The van der Waals surface area contributed by atoms with Crippen molar-refractivity contribution in [2.45, 2.75) is 30.3 Å². The molecule has 1 atom stereocenters. The van der Waals surface area contributed by atoms with Crippen LogP contribution in [0.4, 0.5) is 0 Å². The van der Waals surface area contributed by atoms with Crippen LogP contribution in [-0.4, -0.2) is 67.2 Å². The van der Waals surface area contributed by atoms with Gasteiger partial charge in [0.1, 0.15) is 0 Å².